The molecule has 0 atom stereocenters. The van der Waals surface area contributed by atoms with Gasteiger partial charge in [0.15, 0.2) is 17.8 Å². The van der Waals surface area contributed by atoms with Gasteiger partial charge in [0.25, 0.3) is 0 Å². The van der Waals surface area contributed by atoms with Crippen LogP contribution in [0, 0.1) is 0 Å². The van der Waals surface area contributed by atoms with E-state index in [1.807, 2.05) is 6.07 Å². The summed E-state index contributed by atoms with van der Waals surface area (Å²) in [6.07, 6.45) is 10.2. The van der Waals surface area contributed by atoms with Crippen LogP contribution in [0.4, 0.5) is 0 Å². The third-order valence-electron chi connectivity index (χ3n) is 9.14. The Labute approximate surface area is 251 Å². The largest absolute Gasteiger partial charge is 0.443 e. The second-order valence-corrected chi connectivity index (χ2v) is 11.6. The van der Waals surface area contributed by atoms with Crippen LogP contribution in [0.25, 0.3) is 88.3 Å². The summed E-state index contributed by atoms with van der Waals surface area (Å²) in [4.78, 5) is 14.9. The second-order valence-electron chi connectivity index (χ2n) is 11.6. The summed E-state index contributed by atoms with van der Waals surface area (Å²) >= 11 is 0. The summed E-state index contributed by atoms with van der Waals surface area (Å²) in [6, 6.07) is 34.3. The molecule has 5 nitrogen and oxygen atoms in total. The van der Waals surface area contributed by atoms with E-state index in [-0.39, 0.29) is 0 Å². The topological polar surface area (TPSA) is 56.2 Å². The quantitative estimate of drug-likeness (QED) is 0.214. The first-order chi connectivity index (χ1) is 21.8. The highest BCUT2D eigenvalue weighted by Gasteiger charge is 2.22. The van der Waals surface area contributed by atoms with Gasteiger partial charge in [0.05, 0.1) is 33.1 Å². The number of oxazole rings is 1. The summed E-state index contributed by atoms with van der Waals surface area (Å²) < 4.78 is 8.40. The molecule has 206 valence electrons. The zero-order valence-corrected chi connectivity index (χ0v) is 23.7. The number of rotatable bonds is 3. The van der Waals surface area contributed by atoms with Crippen LogP contribution < -0.4 is 0 Å². The molecule has 10 rings (SSSR count). The van der Waals surface area contributed by atoms with Gasteiger partial charge in [-0.2, -0.15) is 0 Å². The molecule has 0 amide bonds. The minimum atomic E-state index is 0.727. The maximum atomic E-state index is 6.03. The fraction of sp³-hybridized carbons (Fsp3) is 0.0513. The van der Waals surface area contributed by atoms with Crippen molar-refractivity contribution in [3.8, 4) is 22.6 Å². The number of hydrogen-bond acceptors (Lipinski definition) is 4. The third kappa shape index (κ3) is 3.26. The Kier molecular flexibility index (Phi) is 4.77. The van der Waals surface area contributed by atoms with Gasteiger partial charge in [-0.25, -0.2) is 15.0 Å². The van der Waals surface area contributed by atoms with Crippen molar-refractivity contribution in [3.05, 3.63) is 127 Å². The molecule has 1 aliphatic rings. The van der Waals surface area contributed by atoms with Gasteiger partial charge in [0.2, 0.25) is 0 Å². The third-order valence-corrected chi connectivity index (χ3v) is 9.14. The average molecular weight is 565 g/mol. The molecule has 0 N–H and O–H groups in total. The molecule has 0 spiro atoms. The van der Waals surface area contributed by atoms with Gasteiger partial charge in [0, 0.05) is 32.7 Å². The number of benzene rings is 5. The van der Waals surface area contributed by atoms with Crippen LogP contribution in [-0.4, -0.2) is 19.4 Å². The van der Waals surface area contributed by atoms with Crippen molar-refractivity contribution < 1.29 is 4.42 Å². The van der Waals surface area contributed by atoms with Gasteiger partial charge in [-0.15, -0.1) is 0 Å². The molecular formula is C39H24N4O. The summed E-state index contributed by atoms with van der Waals surface area (Å²) in [5, 5.41) is 5.65. The molecule has 44 heavy (non-hydrogen) atoms. The summed E-state index contributed by atoms with van der Waals surface area (Å²) in [5.74, 6) is 0.727. The lowest BCUT2D eigenvalue weighted by Gasteiger charge is -2.12. The number of hydrogen-bond donors (Lipinski definition) is 0. The fourth-order valence-electron chi connectivity index (χ4n) is 7.15. The van der Waals surface area contributed by atoms with E-state index in [0.717, 1.165) is 73.8 Å². The highest BCUT2D eigenvalue weighted by atomic mass is 16.3. The van der Waals surface area contributed by atoms with E-state index in [9.17, 15) is 0 Å². The van der Waals surface area contributed by atoms with Crippen molar-refractivity contribution in [1.29, 1.82) is 0 Å². The van der Waals surface area contributed by atoms with Crippen LogP contribution in [0.5, 0.6) is 0 Å². The number of fused-ring (bicyclic) bond motifs is 9. The number of nitrogens with zero attached hydrogens (tertiary/aromatic N) is 4. The normalized spacial score (nSPS) is 13.8. The second kappa shape index (κ2) is 8.85. The Balaban J connectivity index is 1.24. The van der Waals surface area contributed by atoms with Gasteiger partial charge >= 0.3 is 0 Å². The monoisotopic (exact) mass is 564 g/mol. The van der Waals surface area contributed by atoms with E-state index < -0.39 is 0 Å². The van der Waals surface area contributed by atoms with E-state index in [0.29, 0.717) is 0 Å². The van der Waals surface area contributed by atoms with Gasteiger partial charge in [0.1, 0.15) is 5.52 Å². The van der Waals surface area contributed by atoms with Crippen LogP contribution >= 0.6 is 0 Å². The zero-order chi connectivity index (χ0) is 28.8. The lowest BCUT2D eigenvalue weighted by Crippen LogP contribution is -1.96. The number of aromatic nitrogens is 4. The molecule has 0 unspecified atom stereocenters. The van der Waals surface area contributed by atoms with E-state index >= 15 is 0 Å². The van der Waals surface area contributed by atoms with Crippen molar-refractivity contribution in [2.24, 2.45) is 0 Å². The van der Waals surface area contributed by atoms with Crippen LogP contribution in [0.3, 0.4) is 0 Å². The molecular weight excluding hydrogens is 540 g/mol. The average Bonchev–Trinajstić information content (AvgIpc) is 3.79. The molecule has 5 heteroatoms. The Morgan fingerprint density at radius 2 is 1.52 bits per heavy atom. The molecule has 4 aromatic heterocycles. The van der Waals surface area contributed by atoms with Gasteiger partial charge in [-0.3, -0.25) is 0 Å². The van der Waals surface area contributed by atoms with E-state index in [2.05, 4.69) is 119 Å². The van der Waals surface area contributed by atoms with Crippen LogP contribution in [0.15, 0.2) is 126 Å². The van der Waals surface area contributed by atoms with E-state index in [1.165, 1.54) is 32.9 Å². The predicted octanol–water partition coefficient (Wildman–Crippen LogP) is 9.99. The zero-order valence-electron chi connectivity index (χ0n) is 23.7. The van der Waals surface area contributed by atoms with Crippen molar-refractivity contribution in [2.75, 3.05) is 0 Å². The van der Waals surface area contributed by atoms with Crippen molar-refractivity contribution >= 4 is 65.7 Å². The Morgan fingerprint density at radius 1 is 0.659 bits per heavy atom. The molecule has 0 fully saturated rings. The first-order valence-electron chi connectivity index (χ1n) is 15.0. The minimum Gasteiger partial charge on any atom is -0.443 e. The maximum Gasteiger partial charge on any atom is 0.182 e. The Morgan fingerprint density at radius 3 is 2.45 bits per heavy atom. The Bertz CT molecular complexity index is 2670. The number of allylic oxidation sites excluding steroid dienone is 4. The van der Waals surface area contributed by atoms with Gasteiger partial charge < -0.3 is 8.82 Å². The molecule has 9 aromatic rings. The van der Waals surface area contributed by atoms with Crippen LogP contribution in [0.1, 0.15) is 18.4 Å². The van der Waals surface area contributed by atoms with Gasteiger partial charge in [-0.05, 0) is 60.4 Å². The van der Waals surface area contributed by atoms with Gasteiger partial charge in [-0.1, -0.05) is 78.9 Å². The summed E-state index contributed by atoms with van der Waals surface area (Å²) in [7, 11) is 0. The standard InChI is InChI=1S/C39H24N4O/c1-2-9-23(10-3-1)24-11-8-12-26(19-24)39-41-31-15-6-4-14-28(31)36(42-39)25-17-18-34-30(20-25)35-37-29(21-32-38(35)44-22-40-32)27-13-5-7-16-33(27)43(34)37/h1-2,4-9,11-22H,3,10H2. The highest BCUT2D eigenvalue weighted by Crippen LogP contribution is 2.44. The first-order valence-corrected chi connectivity index (χ1v) is 15.0. The highest BCUT2D eigenvalue weighted by molar-refractivity contribution is 6.30. The van der Waals surface area contributed by atoms with Crippen LogP contribution in [-0.2, 0) is 0 Å². The Hall–Kier alpha value is -5.81. The number of para-hydroxylation sites is 2. The summed E-state index contributed by atoms with van der Waals surface area (Å²) in [5.41, 5.74) is 11.6. The van der Waals surface area contributed by atoms with Crippen molar-refractivity contribution in [2.45, 2.75) is 12.8 Å². The van der Waals surface area contributed by atoms with E-state index in [1.54, 1.807) is 6.39 Å². The SMILES string of the molecule is C1=CCCC(c2cccc(-c3nc(-c4ccc5c(c4)c4c6ocnc6cc6c7ccccc7n5c64)c4ccccc4n3)c2)=C1. The summed E-state index contributed by atoms with van der Waals surface area (Å²) in [6.45, 7) is 0. The molecule has 0 aliphatic heterocycles. The molecule has 0 saturated carbocycles. The molecule has 1 aliphatic carbocycles. The fourth-order valence-corrected chi connectivity index (χ4v) is 7.15. The first kappa shape index (κ1) is 23.7. The molecule has 4 heterocycles. The van der Waals surface area contributed by atoms with Crippen molar-refractivity contribution in [1.82, 2.24) is 19.4 Å². The minimum absolute atomic E-state index is 0.727. The molecule has 0 bridgehead atoms. The van der Waals surface area contributed by atoms with Crippen molar-refractivity contribution in [3.63, 3.8) is 0 Å². The molecule has 5 aromatic carbocycles. The lowest BCUT2D eigenvalue weighted by atomic mass is 9.96. The molecule has 0 saturated heterocycles. The predicted molar refractivity (Wildman–Crippen MR) is 179 cm³/mol. The smallest absolute Gasteiger partial charge is 0.182 e. The maximum absolute atomic E-state index is 6.03. The van der Waals surface area contributed by atoms with Crippen LogP contribution in [0.2, 0.25) is 0 Å². The lowest BCUT2D eigenvalue weighted by molar-refractivity contribution is 0.605. The van der Waals surface area contributed by atoms with E-state index in [4.69, 9.17) is 14.4 Å². The molecule has 0 radical (unpaired) electrons.